The molecule has 4 nitrogen and oxygen atoms in total. The maximum atomic E-state index is 13.8. The first-order valence-corrected chi connectivity index (χ1v) is 6.64. The van der Waals surface area contributed by atoms with Gasteiger partial charge in [-0.1, -0.05) is 0 Å². The number of hydrogen-bond donors (Lipinski definition) is 1. The molecule has 122 valence electrons. The Balaban J connectivity index is 2.32. The van der Waals surface area contributed by atoms with E-state index in [2.05, 4.69) is 0 Å². The molecule has 1 fully saturated rings. The van der Waals surface area contributed by atoms with Gasteiger partial charge < -0.3 is 14.7 Å². The lowest BCUT2D eigenvalue weighted by Gasteiger charge is -2.37. The van der Waals surface area contributed by atoms with E-state index in [0.717, 1.165) is 0 Å². The van der Waals surface area contributed by atoms with E-state index in [1.54, 1.807) is 6.92 Å². The van der Waals surface area contributed by atoms with Crippen LogP contribution in [0.1, 0.15) is 22.8 Å². The number of benzene rings is 1. The highest BCUT2D eigenvalue weighted by atomic mass is 19.4. The first kappa shape index (κ1) is 16.7. The van der Waals surface area contributed by atoms with Gasteiger partial charge in [0.05, 0.1) is 36.5 Å². The number of aliphatic hydroxyl groups is 1. The van der Waals surface area contributed by atoms with Crippen molar-refractivity contribution < 1.29 is 32.2 Å². The third kappa shape index (κ3) is 3.38. The average Bonchev–Trinajstić information content (AvgIpc) is 2.46. The number of rotatable bonds is 2. The monoisotopic (exact) mass is 321 g/mol. The molecule has 1 aromatic rings. The summed E-state index contributed by atoms with van der Waals surface area (Å²) in [6, 6.07) is 1.30. The summed E-state index contributed by atoms with van der Waals surface area (Å²) in [5.41, 5.74) is -1.72. The van der Waals surface area contributed by atoms with Crippen molar-refractivity contribution in [1.29, 1.82) is 0 Å². The van der Waals surface area contributed by atoms with Crippen molar-refractivity contribution in [3.8, 4) is 0 Å². The van der Waals surface area contributed by atoms with Gasteiger partial charge in [-0.05, 0) is 25.1 Å². The zero-order chi connectivity index (χ0) is 16.5. The molecule has 1 saturated heterocycles. The van der Waals surface area contributed by atoms with Gasteiger partial charge in [0.2, 0.25) is 0 Å². The molecule has 1 aromatic carbocycles. The summed E-state index contributed by atoms with van der Waals surface area (Å²) in [7, 11) is 0. The summed E-state index contributed by atoms with van der Waals surface area (Å²) in [6.07, 6.45) is -5.29. The summed E-state index contributed by atoms with van der Waals surface area (Å²) in [4.78, 5) is 13.6. The van der Waals surface area contributed by atoms with E-state index in [0.29, 0.717) is 18.2 Å². The Labute approximate surface area is 124 Å². The minimum absolute atomic E-state index is 0.00775. The highest BCUT2D eigenvalue weighted by Crippen LogP contribution is 2.31. The summed E-state index contributed by atoms with van der Waals surface area (Å²) < 4.78 is 57.1. The van der Waals surface area contributed by atoms with Crippen LogP contribution in [0.15, 0.2) is 18.2 Å². The molecule has 8 heteroatoms. The molecule has 0 aliphatic carbocycles. The van der Waals surface area contributed by atoms with Gasteiger partial charge in [-0.2, -0.15) is 13.2 Å². The highest BCUT2D eigenvalue weighted by molar-refractivity contribution is 5.95. The van der Waals surface area contributed by atoms with Gasteiger partial charge in [0, 0.05) is 6.54 Å². The lowest BCUT2D eigenvalue weighted by atomic mass is 10.1. The molecule has 2 atom stereocenters. The van der Waals surface area contributed by atoms with Crippen LogP contribution in [0.2, 0.25) is 0 Å². The SMILES string of the molecule is CC1COC(CO)CN1C(=O)c1cc(C(F)(F)F)ccc1F. The number of alkyl halides is 3. The van der Waals surface area contributed by atoms with Gasteiger partial charge in [0.1, 0.15) is 5.82 Å². The van der Waals surface area contributed by atoms with Crippen LogP contribution in [-0.4, -0.2) is 47.8 Å². The standard InChI is InChI=1S/C14H15F4NO3/c1-8-7-22-10(6-20)5-19(8)13(21)11-4-9(14(16,17)18)2-3-12(11)15/h2-4,8,10,20H,5-7H2,1H3. The Hall–Kier alpha value is -1.67. The van der Waals surface area contributed by atoms with E-state index in [9.17, 15) is 22.4 Å². The van der Waals surface area contributed by atoms with E-state index in [-0.39, 0.29) is 19.8 Å². The zero-order valence-corrected chi connectivity index (χ0v) is 11.7. The van der Waals surface area contributed by atoms with Crippen LogP contribution in [-0.2, 0) is 10.9 Å². The van der Waals surface area contributed by atoms with E-state index >= 15 is 0 Å². The fourth-order valence-electron chi connectivity index (χ4n) is 2.23. The lowest BCUT2D eigenvalue weighted by Crippen LogP contribution is -2.52. The number of morpholine rings is 1. The molecule has 2 rings (SSSR count). The van der Waals surface area contributed by atoms with Crippen LogP contribution in [0.3, 0.4) is 0 Å². The molecule has 0 bridgehead atoms. The van der Waals surface area contributed by atoms with Crippen molar-refractivity contribution in [3.05, 3.63) is 35.1 Å². The third-order valence-electron chi connectivity index (χ3n) is 3.49. The first-order chi connectivity index (χ1) is 10.2. The predicted molar refractivity (Wildman–Crippen MR) is 68.7 cm³/mol. The minimum Gasteiger partial charge on any atom is -0.394 e. The molecule has 1 aliphatic heterocycles. The number of halogens is 4. The molecule has 0 spiro atoms. The molecule has 0 aromatic heterocycles. The predicted octanol–water partition coefficient (Wildman–Crippen LogP) is 2.07. The highest BCUT2D eigenvalue weighted by Gasteiger charge is 2.35. The van der Waals surface area contributed by atoms with Crippen molar-refractivity contribution in [2.75, 3.05) is 19.8 Å². The molecule has 0 saturated carbocycles. The number of amides is 1. The summed E-state index contributed by atoms with van der Waals surface area (Å²) in [5.74, 6) is -1.87. The second-order valence-corrected chi connectivity index (χ2v) is 5.14. The zero-order valence-electron chi connectivity index (χ0n) is 11.7. The van der Waals surface area contributed by atoms with Gasteiger partial charge >= 0.3 is 6.18 Å². The fraction of sp³-hybridized carbons (Fsp3) is 0.500. The molecule has 1 N–H and O–H groups in total. The fourth-order valence-corrected chi connectivity index (χ4v) is 2.23. The van der Waals surface area contributed by atoms with E-state index in [1.807, 2.05) is 0 Å². The minimum atomic E-state index is -4.66. The molecule has 22 heavy (non-hydrogen) atoms. The molecule has 1 heterocycles. The van der Waals surface area contributed by atoms with Crippen LogP contribution in [0.5, 0.6) is 0 Å². The second kappa shape index (κ2) is 6.21. The van der Waals surface area contributed by atoms with E-state index < -0.39 is 41.2 Å². The average molecular weight is 321 g/mol. The van der Waals surface area contributed by atoms with Crippen LogP contribution >= 0.6 is 0 Å². The van der Waals surface area contributed by atoms with Crippen molar-refractivity contribution >= 4 is 5.91 Å². The van der Waals surface area contributed by atoms with Crippen molar-refractivity contribution in [2.45, 2.75) is 25.2 Å². The van der Waals surface area contributed by atoms with Crippen molar-refractivity contribution in [2.24, 2.45) is 0 Å². The Morgan fingerprint density at radius 3 is 2.73 bits per heavy atom. The Morgan fingerprint density at radius 1 is 1.45 bits per heavy atom. The van der Waals surface area contributed by atoms with Crippen molar-refractivity contribution in [3.63, 3.8) is 0 Å². The van der Waals surface area contributed by atoms with Gasteiger partial charge in [0.25, 0.3) is 5.91 Å². The quantitative estimate of drug-likeness (QED) is 0.849. The Bertz CT molecular complexity index is 562. The van der Waals surface area contributed by atoms with Crippen LogP contribution in [0.4, 0.5) is 17.6 Å². The smallest absolute Gasteiger partial charge is 0.394 e. The normalized spacial score (nSPS) is 22.7. The maximum absolute atomic E-state index is 13.8. The summed E-state index contributed by atoms with van der Waals surface area (Å²) in [5, 5.41) is 9.07. The van der Waals surface area contributed by atoms with Crippen LogP contribution in [0.25, 0.3) is 0 Å². The van der Waals surface area contributed by atoms with E-state index in [1.165, 1.54) is 4.90 Å². The number of carbonyl (C=O) groups is 1. The number of aliphatic hydroxyl groups excluding tert-OH is 1. The maximum Gasteiger partial charge on any atom is 0.416 e. The Kier molecular flexibility index (Phi) is 4.72. The molecule has 1 aliphatic rings. The lowest BCUT2D eigenvalue weighted by molar-refractivity contribution is -0.137. The van der Waals surface area contributed by atoms with E-state index in [4.69, 9.17) is 9.84 Å². The van der Waals surface area contributed by atoms with Gasteiger partial charge in [-0.25, -0.2) is 4.39 Å². The number of hydrogen-bond acceptors (Lipinski definition) is 3. The summed E-state index contributed by atoms with van der Waals surface area (Å²) in [6.45, 7) is 1.42. The molecule has 1 amide bonds. The molecule has 0 radical (unpaired) electrons. The molecular formula is C14H15F4NO3. The second-order valence-electron chi connectivity index (χ2n) is 5.14. The third-order valence-corrected chi connectivity index (χ3v) is 3.49. The molecule has 2 unspecified atom stereocenters. The summed E-state index contributed by atoms with van der Waals surface area (Å²) >= 11 is 0. The van der Waals surface area contributed by atoms with Gasteiger partial charge in [-0.15, -0.1) is 0 Å². The number of ether oxygens (including phenoxy) is 1. The van der Waals surface area contributed by atoms with Gasteiger partial charge in [0.15, 0.2) is 0 Å². The van der Waals surface area contributed by atoms with Crippen molar-refractivity contribution in [1.82, 2.24) is 4.90 Å². The first-order valence-electron chi connectivity index (χ1n) is 6.64. The largest absolute Gasteiger partial charge is 0.416 e. The van der Waals surface area contributed by atoms with Gasteiger partial charge in [-0.3, -0.25) is 4.79 Å². The molecular weight excluding hydrogens is 306 g/mol. The Morgan fingerprint density at radius 2 is 2.14 bits per heavy atom. The topological polar surface area (TPSA) is 49.8 Å². The number of nitrogens with zero attached hydrogens (tertiary/aromatic N) is 1. The van der Waals surface area contributed by atoms with Crippen LogP contribution in [0, 0.1) is 5.82 Å². The van der Waals surface area contributed by atoms with Crippen LogP contribution < -0.4 is 0 Å². The number of carbonyl (C=O) groups excluding carboxylic acids is 1.